The number of imidazole rings is 1. The van der Waals surface area contributed by atoms with E-state index in [4.69, 9.17) is 0 Å². The monoisotopic (exact) mass is 294 g/mol. The highest BCUT2D eigenvalue weighted by atomic mass is 16.1. The summed E-state index contributed by atoms with van der Waals surface area (Å²) < 4.78 is 2.19. The highest BCUT2D eigenvalue weighted by Gasteiger charge is 2.07. The third-order valence-corrected chi connectivity index (χ3v) is 3.61. The molecule has 0 atom stereocenters. The van der Waals surface area contributed by atoms with Crippen molar-refractivity contribution in [3.05, 3.63) is 60.2 Å². The van der Waals surface area contributed by atoms with Gasteiger partial charge in [0.05, 0.1) is 16.6 Å². The Balaban J connectivity index is 1.57. The molecule has 22 heavy (non-hydrogen) atoms. The quantitative estimate of drug-likeness (QED) is 0.736. The molecular weight excluding hydrogens is 276 g/mol. The number of aryl methyl sites for hydroxylation is 2. The number of fused-ring (bicyclic) bond motifs is 1. The molecular formula is C17H18N4O. The molecule has 112 valence electrons. The molecule has 0 saturated heterocycles. The molecule has 0 aliphatic rings. The van der Waals surface area contributed by atoms with Crippen LogP contribution in [0.4, 0.5) is 0 Å². The molecule has 3 aromatic rings. The highest BCUT2D eigenvalue weighted by molar-refractivity contribution is 5.93. The van der Waals surface area contributed by atoms with Gasteiger partial charge < -0.3 is 9.88 Å². The van der Waals surface area contributed by atoms with Gasteiger partial charge in [-0.25, -0.2) is 4.98 Å². The SMILES string of the molecule is Cc1nc2ccccc2n1CCCNC(=O)c1cccnc1. The van der Waals surface area contributed by atoms with E-state index in [0.717, 1.165) is 29.8 Å². The van der Waals surface area contributed by atoms with Crippen molar-refractivity contribution >= 4 is 16.9 Å². The second kappa shape index (κ2) is 6.39. The highest BCUT2D eigenvalue weighted by Crippen LogP contribution is 2.15. The van der Waals surface area contributed by atoms with Gasteiger partial charge in [-0.1, -0.05) is 12.1 Å². The number of pyridine rings is 1. The van der Waals surface area contributed by atoms with Crippen molar-refractivity contribution < 1.29 is 4.79 Å². The number of rotatable bonds is 5. The van der Waals surface area contributed by atoms with Gasteiger partial charge in [0.25, 0.3) is 5.91 Å². The average molecular weight is 294 g/mol. The zero-order valence-electron chi connectivity index (χ0n) is 12.5. The van der Waals surface area contributed by atoms with Crippen molar-refractivity contribution in [3.8, 4) is 0 Å². The molecule has 3 rings (SSSR count). The summed E-state index contributed by atoms with van der Waals surface area (Å²) in [5.41, 5.74) is 2.74. The Morgan fingerprint density at radius 3 is 2.91 bits per heavy atom. The van der Waals surface area contributed by atoms with Crippen LogP contribution in [0.15, 0.2) is 48.8 Å². The molecule has 2 heterocycles. The van der Waals surface area contributed by atoms with Crippen molar-refractivity contribution in [3.63, 3.8) is 0 Å². The lowest BCUT2D eigenvalue weighted by molar-refractivity contribution is 0.0952. The first kappa shape index (κ1) is 14.3. The molecule has 0 spiro atoms. The van der Waals surface area contributed by atoms with E-state index in [0.29, 0.717) is 12.1 Å². The molecule has 0 unspecified atom stereocenters. The third-order valence-electron chi connectivity index (χ3n) is 3.61. The zero-order valence-corrected chi connectivity index (χ0v) is 12.5. The van der Waals surface area contributed by atoms with Crippen LogP contribution in [-0.4, -0.2) is 27.0 Å². The van der Waals surface area contributed by atoms with E-state index in [-0.39, 0.29) is 5.91 Å². The van der Waals surface area contributed by atoms with Crippen LogP contribution in [0.25, 0.3) is 11.0 Å². The Morgan fingerprint density at radius 2 is 2.09 bits per heavy atom. The van der Waals surface area contributed by atoms with Crippen molar-refractivity contribution in [1.29, 1.82) is 0 Å². The van der Waals surface area contributed by atoms with Gasteiger partial charge in [-0.3, -0.25) is 9.78 Å². The first-order chi connectivity index (χ1) is 10.8. The number of para-hydroxylation sites is 2. The molecule has 0 saturated carbocycles. The van der Waals surface area contributed by atoms with E-state index in [2.05, 4.69) is 25.9 Å². The summed E-state index contributed by atoms with van der Waals surface area (Å²) in [6.45, 7) is 3.47. The van der Waals surface area contributed by atoms with E-state index in [1.165, 1.54) is 0 Å². The van der Waals surface area contributed by atoms with E-state index in [9.17, 15) is 4.79 Å². The summed E-state index contributed by atoms with van der Waals surface area (Å²) in [4.78, 5) is 20.4. The first-order valence-electron chi connectivity index (χ1n) is 7.36. The molecule has 1 N–H and O–H groups in total. The van der Waals surface area contributed by atoms with Crippen LogP contribution >= 0.6 is 0 Å². The predicted molar refractivity (Wildman–Crippen MR) is 85.7 cm³/mol. The van der Waals surface area contributed by atoms with Crippen LogP contribution in [0.5, 0.6) is 0 Å². The number of benzene rings is 1. The minimum atomic E-state index is -0.0830. The fourth-order valence-corrected chi connectivity index (χ4v) is 2.52. The summed E-state index contributed by atoms with van der Waals surface area (Å²) in [6, 6.07) is 11.6. The number of nitrogens with zero attached hydrogens (tertiary/aromatic N) is 3. The van der Waals surface area contributed by atoms with Gasteiger partial charge in [0.1, 0.15) is 5.82 Å². The number of carbonyl (C=O) groups is 1. The number of hydrogen-bond donors (Lipinski definition) is 1. The van der Waals surface area contributed by atoms with Crippen LogP contribution in [0, 0.1) is 6.92 Å². The molecule has 0 fully saturated rings. The summed E-state index contributed by atoms with van der Waals surface area (Å²) in [7, 11) is 0. The van der Waals surface area contributed by atoms with Gasteiger partial charge in [0.15, 0.2) is 0 Å². The fourth-order valence-electron chi connectivity index (χ4n) is 2.52. The van der Waals surface area contributed by atoms with Gasteiger partial charge in [-0.15, -0.1) is 0 Å². The van der Waals surface area contributed by atoms with Crippen LogP contribution in [0.2, 0.25) is 0 Å². The first-order valence-corrected chi connectivity index (χ1v) is 7.36. The molecule has 1 amide bonds. The average Bonchev–Trinajstić information content (AvgIpc) is 2.88. The second-order valence-electron chi connectivity index (χ2n) is 5.15. The topological polar surface area (TPSA) is 59.8 Å². The molecule has 0 aliphatic carbocycles. The molecule has 5 nitrogen and oxygen atoms in total. The Kier molecular flexibility index (Phi) is 4.14. The summed E-state index contributed by atoms with van der Waals surface area (Å²) in [5.74, 6) is 0.917. The number of aromatic nitrogens is 3. The maximum atomic E-state index is 11.9. The number of nitrogens with one attached hydrogen (secondary N) is 1. The van der Waals surface area contributed by atoms with Crippen molar-refractivity contribution in [2.45, 2.75) is 19.9 Å². The summed E-state index contributed by atoms with van der Waals surface area (Å²) in [5, 5.41) is 2.92. The van der Waals surface area contributed by atoms with Crippen molar-refractivity contribution in [1.82, 2.24) is 19.9 Å². The van der Waals surface area contributed by atoms with Crippen LogP contribution in [-0.2, 0) is 6.54 Å². The number of carbonyl (C=O) groups excluding carboxylic acids is 1. The Bertz CT molecular complexity index is 780. The Labute approximate surface area is 129 Å². The predicted octanol–water partition coefficient (Wildman–Crippen LogP) is 2.56. The summed E-state index contributed by atoms with van der Waals surface area (Å²) >= 11 is 0. The number of amides is 1. The van der Waals surface area contributed by atoms with Crippen LogP contribution in [0.1, 0.15) is 22.6 Å². The maximum absolute atomic E-state index is 11.9. The lowest BCUT2D eigenvalue weighted by Crippen LogP contribution is -2.25. The molecule has 0 aliphatic heterocycles. The molecule has 1 aromatic carbocycles. The van der Waals surface area contributed by atoms with Crippen LogP contribution in [0.3, 0.4) is 0 Å². The van der Waals surface area contributed by atoms with Crippen molar-refractivity contribution in [2.24, 2.45) is 0 Å². The second-order valence-corrected chi connectivity index (χ2v) is 5.15. The van der Waals surface area contributed by atoms with E-state index in [1.807, 2.05) is 25.1 Å². The maximum Gasteiger partial charge on any atom is 0.252 e. The lowest BCUT2D eigenvalue weighted by atomic mass is 10.2. The zero-order chi connectivity index (χ0) is 15.4. The third kappa shape index (κ3) is 2.98. The Hall–Kier alpha value is -2.69. The van der Waals surface area contributed by atoms with E-state index in [1.54, 1.807) is 24.5 Å². The standard InChI is InChI=1S/C17H18N4O/c1-13-20-15-7-2-3-8-16(15)21(13)11-5-10-19-17(22)14-6-4-9-18-12-14/h2-4,6-9,12H,5,10-11H2,1H3,(H,19,22). The lowest BCUT2D eigenvalue weighted by Gasteiger charge is -2.08. The normalized spacial score (nSPS) is 10.8. The molecule has 2 aromatic heterocycles. The minimum Gasteiger partial charge on any atom is -0.352 e. The summed E-state index contributed by atoms with van der Waals surface area (Å²) in [6.07, 6.45) is 4.08. The van der Waals surface area contributed by atoms with Gasteiger partial charge >= 0.3 is 0 Å². The van der Waals surface area contributed by atoms with Gasteiger partial charge in [-0.2, -0.15) is 0 Å². The number of hydrogen-bond acceptors (Lipinski definition) is 3. The van der Waals surface area contributed by atoms with Crippen LogP contribution < -0.4 is 5.32 Å². The largest absolute Gasteiger partial charge is 0.352 e. The molecule has 5 heteroatoms. The molecule has 0 bridgehead atoms. The fraction of sp³-hybridized carbons (Fsp3) is 0.235. The van der Waals surface area contributed by atoms with Gasteiger partial charge in [0, 0.05) is 25.5 Å². The van der Waals surface area contributed by atoms with Gasteiger partial charge in [0.2, 0.25) is 0 Å². The van der Waals surface area contributed by atoms with Gasteiger partial charge in [-0.05, 0) is 37.6 Å². The smallest absolute Gasteiger partial charge is 0.252 e. The van der Waals surface area contributed by atoms with E-state index >= 15 is 0 Å². The molecule has 0 radical (unpaired) electrons. The Morgan fingerprint density at radius 1 is 1.23 bits per heavy atom. The van der Waals surface area contributed by atoms with Crippen molar-refractivity contribution in [2.75, 3.05) is 6.54 Å². The minimum absolute atomic E-state index is 0.0830. The van der Waals surface area contributed by atoms with E-state index < -0.39 is 0 Å².